The monoisotopic (exact) mass is 247 g/mol. The molecule has 0 bridgehead atoms. The van der Waals surface area contributed by atoms with Gasteiger partial charge in [-0.15, -0.1) is 0 Å². The highest BCUT2D eigenvalue weighted by atomic mass is 19.1. The van der Waals surface area contributed by atoms with E-state index in [9.17, 15) is 9.18 Å². The number of halogens is 1. The molecule has 1 heterocycles. The maximum absolute atomic E-state index is 13.6. The van der Waals surface area contributed by atoms with Gasteiger partial charge in [0.05, 0.1) is 5.56 Å². The predicted octanol–water partition coefficient (Wildman–Crippen LogP) is 1.41. The molecule has 0 radical (unpaired) electrons. The first kappa shape index (κ1) is 12.4. The van der Waals surface area contributed by atoms with Crippen LogP contribution in [0.15, 0.2) is 18.2 Å². The third kappa shape index (κ3) is 1.90. The van der Waals surface area contributed by atoms with Crippen molar-refractivity contribution in [2.24, 2.45) is 0 Å². The summed E-state index contributed by atoms with van der Waals surface area (Å²) in [6, 6.07) is 6.19. The van der Waals surface area contributed by atoms with E-state index in [0.717, 1.165) is 0 Å². The number of nitrogens with one attached hydrogen (secondary N) is 1. The smallest absolute Gasteiger partial charge is 0.245 e. The minimum absolute atomic E-state index is 0.0121. The molecule has 0 saturated carbocycles. The predicted molar refractivity (Wildman–Crippen MR) is 65.5 cm³/mol. The van der Waals surface area contributed by atoms with Crippen molar-refractivity contribution in [1.29, 1.82) is 5.26 Å². The van der Waals surface area contributed by atoms with Crippen LogP contribution < -0.4 is 10.2 Å². The molecule has 1 fully saturated rings. The number of anilines is 1. The third-order valence-electron chi connectivity index (χ3n) is 3.24. The van der Waals surface area contributed by atoms with E-state index in [4.69, 9.17) is 5.26 Å². The fraction of sp³-hybridized carbons (Fsp3) is 0.385. The lowest BCUT2D eigenvalue weighted by molar-refractivity contribution is -0.126. The van der Waals surface area contributed by atoms with Crippen LogP contribution in [0.5, 0.6) is 0 Å². The number of amides is 1. The van der Waals surface area contributed by atoms with E-state index in [1.165, 1.54) is 12.1 Å². The van der Waals surface area contributed by atoms with Crippen molar-refractivity contribution in [3.63, 3.8) is 0 Å². The number of nitriles is 1. The number of piperazine rings is 1. The summed E-state index contributed by atoms with van der Waals surface area (Å²) in [5.41, 5.74) is -0.0943. The minimum Gasteiger partial charge on any atom is -0.356 e. The van der Waals surface area contributed by atoms with Gasteiger partial charge >= 0.3 is 0 Å². The quantitative estimate of drug-likeness (QED) is 0.816. The van der Waals surface area contributed by atoms with E-state index in [1.54, 1.807) is 26.0 Å². The summed E-state index contributed by atoms with van der Waals surface area (Å²) in [4.78, 5) is 13.7. The van der Waals surface area contributed by atoms with Crippen molar-refractivity contribution >= 4 is 11.6 Å². The van der Waals surface area contributed by atoms with E-state index >= 15 is 0 Å². The van der Waals surface area contributed by atoms with Gasteiger partial charge in [0.2, 0.25) is 5.91 Å². The van der Waals surface area contributed by atoms with Crippen LogP contribution in [0, 0.1) is 17.1 Å². The van der Waals surface area contributed by atoms with Crippen LogP contribution in [0.1, 0.15) is 19.4 Å². The first-order chi connectivity index (χ1) is 8.46. The molecule has 1 amide bonds. The Labute approximate surface area is 105 Å². The molecule has 0 atom stereocenters. The summed E-state index contributed by atoms with van der Waals surface area (Å²) in [7, 11) is 0. The van der Waals surface area contributed by atoms with Crippen molar-refractivity contribution in [3.8, 4) is 6.07 Å². The SMILES string of the molecule is CC1(C)C(=O)NCCN1c1ccc(C#N)c(F)c1. The number of nitrogens with zero attached hydrogens (tertiary/aromatic N) is 2. The average molecular weight is 247 g/mol. The summed E-state index contributed by atoms with van der Waals surface area (Å²) in [5, 5.41) is 11.5. The fourth-order valence-corrected chi connectivity index (χ4v) is 2.11. The third-order valence-corrected chi connectivity index (χ3v) is 3.24. The lowest BCUT2D eigenvalue weighted by Gasteiger charge is -2.42. The van der Waals surface area contributed by atoms with Crippen LogP contribution in [-0.2, 0) is 4.79 Å². The molecule has 0 unspecified atom stereocenters. The number of benzene rings is 1. The highest BCUT2D eigenvalue weighted by Gasteiger charge is 2.37. The Morgan fingerprint density at radius 2 is 2.22 bits per heavy atom. The second kappa shape index (κ2) is 4.30. The van der Waals surface area contributed by atoms with Crippen LogP contribution in [0.3, 0.4) is 0 Å². The summed E-state index contributed by atoms with van der Waals surface area (Å²) < 4.78 is 13.6. The zero-order valence-electron chi connectivity index (χ0n) is 10.3. The van der Waals surface area contributed by atoms with Gasteiger partial charge in [0.1, 0.15) is 17.4 Å². The average Bonchev–Trinajstić information content (AvgIpc) is 2.32. The van der Waals surface area contributed by atoms with Gasteiger partial charge in [-0.2, -0.15) is 5.26 Å². The molecule has 4 nitrogen and oxygen atoms in total. The van der Waals surface area contributed by atoms with E-state index in [-0.39, 0.29) is 11.5 Å². The minimum atomic E-state index is -0.723. The first-order valence-corrected chi connectivity index (χ1v) is 5.72. The maximum Gasteiger partial charge on any atom is 0.245 e. The molecular formula is C13H14FN3O. The Kier molecular flexibility index (Phi) is 2.95. The van der Waals surface area contributed by atoms with Crippen LogP contribution in [0.2, 0.25) is 0 Å². The maximum atomic E-state index is 13.6. The van der Waals surface area contributed by atoms with Gasteiger partial charge in [-0.1, -0.05) is 0 Å². The zero-order valence-corrected chi connectivity index (χ0v) is 10.3. The Hall–Kier alpha value is -2.09. The largest absolute Gasteiger partial charge is 0.356 e. The molecule has 1 saturated heterocycles. The highest BCUT2D eigenvalue weighted by molar-refractivity contribution is 5.90. The molecular weight excluding hydrogens is 233 g/mol. The van der Waals surface area contributed by atoms with Gasteiger partial charge in [-0.25, -0.2) is 4.39 Å². The summed E-state index contributed by atoms with van der Waals surface area (Å²) in [6.45, 7) is 4.73. The molecule has 2 rings (SSSR count). The molecule has 0 spiro atoms. The Morgan fingerprint density at radius 3 is 2.83 bits per heavy atom. The molecule has 1 aliphatic heterocycles. The van der Waals surface area contributed by atoms with E-state index in [2.05, 4.69) is 5.32 Å². The number of hydrogen-bond acceptors (Lipinski definition) is 3. The normalized spacial score (nSPS) is 18.1. The van der Waals surface area contributed by atoms with Crippen LogP contribution in [-0.4, -0.2) is 24.5 Å². The second-order valence-electron chi connectivity index (χ2n) is 4.74. The van der Waals surface area contributed by atoms with Gasteiger partial charge in [0, 0.05) is 18.8 Å². The standard InChI is InChI=1S/C13H14FN3O/c1-13(2)12(18)16-5-6-17(13)10-4-3-9(8-15)11(14)7-10/h3-4,7H,5-6H2,1-2H3,(H,16,18). The van der Waals surface area contributed by atoms with Crippen LogP contribution >= 0.6 is 0 Å². The lowest BCUT2D eigenvalue weighted by Crippen LogP contribution is -2.62. The number of carbonyl (C=O) groups is 1. The van der Waals surface area contributed by atoms with Crippen molar-refractivity contribution in [2.75, 3.05) is 18.0 Å². The Morgan fingerprint density at radius 1 is 1.50 bits per heavy atom. The number of carbonyl (C=O) groups excluding carboxylic acids is 1. The molecule has 1 aromatic rings. The Bertz CT molecular complexity index is 534. The molecule has 0 aliphatic carbocycles. The highest BCUT2D eigenvalue weighted by Crippen LogP contribution is 2.27. The van der Waals surface area contributed by atoms with Crippen LogP contribution in [0.25, 0.3) is 0 Å². The van der Waals surface area contributed by atoms with Crippen molar-refractivity contribution in [2.45, 2.75) is 19.4 Å². The van der Waals surface area contributed by atoms with Gasteiger partial charge in [-0.3, -0.25) is 4.79 Å². The van der Waals surface area contributed by atoms with Crippen molar-refractivity contribution < 1.29 is 9.18 Å². The molecule has 18 heavy (non-hydrogen) atoms. The van der Waals surface area contributed by atoms with E-state index in [0.29, 0.717) is 18.8 Å². The number of rotatable bonds is 1. The molecule has 1 N–H and O–H groups in total. The van der Waals surface area contributed by atoms with Gasteiger partial charge in [0.25, 0.3) is 0 Å². The van der Waals surface area contributed by atoms with Crippen LogP contribution in [0.4, 0.5) is 10.1 Å². The topological polar surface area (TPSA) is 56.1 Å². The number of hydrogen-bond donors (Lipinski definition) is 1. The summed E-state index contributed by atoms with van der Waals surface area (Å²) >= 11 is 0. The molecule has 94 valence electrons. The van der Waals surface area contributed by atoms with Gasteiger partial charge in [-0.05, 0) is 32.0 Å². The van der Waals surface area contributed by atoms with Gasteiger partial charge in [0.15, 0.2) is 0 Å². The summed E-state index contributed by atoms with van der Waals surface area (Å²) in [5.74, 6) is -0.643. The molecule has 1 aromatic carbocycles. The lowest BCUT2D eigenvalue weighted by atomic mass is 9.97. The zero-order chi connectivity index (χ0) is 13.3. The summed E-state index contributed by atoms with van der Waals surface area (Å²) in [6.07, 6.45) is 0. The van der Waals surface area contributed by atoms with E-state index < -0.39 is 11.4 Å². The fourth-order valence-electron chi connectivity index (χ4n) is 2.11. The van der Waals surface area contributed by atoms with E-state index in [1.807, 2.05) is 4.90 Å². The molecule has 5 heteroatoms. The molecule has 0 aromatic heterocycles. The molecule has 1 aliphatic rings. The first-order valence-electron chi connectivity index (χ1n) is 5.72. The van der Waals surface area contributed by atoms with Crippen molar-refractivity contribution in [3.05, 3.63) is 29.6 Å². The second-order valence-corrected chi connectivity index (χ2v) is 4.74. The van der Waals surface area contributed by atoms with Crippen molar-refractivity contribution in [1.82, 2.24) is 5.32 Å². The van der Waals surface area contributed by atoms with Gasteiger partial charge < -0.3 is 10.2 Å². The Balaban J connectivity index is 2.40.